The summed E-state index contributed by atoms with van der Waals surface area (Å²) in [6.45, 7) is 0.222. The average Bonchev–Trinajstić information content (AvgIpc) is 2.38. The van der Waals surface area contributed by atoms with E-state index in [-0.39, 0.29) is 6.54 Å². The monoisotopic (exact) mass is 245 g/mol. The zero-order chi connectivity index (χ0) is 13.0. The lowest BCUT2D eigenvalue weighted by atomic mass is 10.2. The van der Waals surface area contributed by atoms with E-state index in [4.69, 9.17) is 5.26 Å². The SMILES string of the molecule is N#Cc1ccc(NCc2ccc(F)cc2F)cn1. The Bertz CT molecular complexity index is 588. The third kappa shape index (κ3) is 2.80. The number of pyridine rings is 1. The molecule has 0 amide bonds. The number of rotatable bonds is 3. The second kappa shape index (κ2) is 5.23. The normalized spacial score (nSPS) is 9.83. The van der Waals surface area contributed by atoms with Crippen LogP contribution in [-0.4, -0.2) is 4.98 Å². The average molecular weight is 245 g/mol. The van der Waals surface area contributed by atoms with Gasteiger partial charge in [0.25, 0.3) is 0 Å². The molecule has 3 nitrogen and oxygen atoms in total. The van der Waals surface area contributed by atoms with Gasteiger partial charge in [0.2, 0.25) is 0 Å². The zero-order valence-electron chi connectivity index (χ0n) is 9.32. The predicted octanol–water partition coefficient (Wildman–Crippen LogP) is 2.84. The van der Waals surface area contributed by atoms with Crippen LogP contribution in [0, 0.1) is 23.0 Å². The molecule has 0 fully saturated rings. The summed E-state index contributed by atoms with van der Waals surface area (Å²) in [4.78, 5) is 3.87. The molecule has 0 atom stereocenters. The van der Waals surface area contributed by atoms with Crippen molar-refractivity contribution in [3.05, 3.63) is 59.4 Å². The fraction of sp³-hybridized carbons (Fsp3) is 0.0769. The topological polar surface area (TPSA) is 48.7 Å². The van der Waals surface area contributed by atoms with Gasteiger partial charge < -0.3 is 5.32 Å². The summed E-state index contributed by atoms with van der Waals surface area (Å²) in [5, 5.41) is 11.5. The summed E-state index contributed by atoms with van der Waals surface area (Å²) in [5.41, 5.74) is 1.34. The van der Waals surface area contributed by atoms with Crippen LogP contribution in [0.3, 0.4) is 0 Å². The molecular weight excluding hydrogens is 236 g/mol. The van der Waals surface area contributed by atoms with Crippen LogP contribution in [0.5, 0.6) is 0 Å². The number of nitrogens with zero attached hydrogens (tertiary/aromatic N) is 2. The van der Waals surface area contributed by atoms with E-state index < -0.39 is 11.6 Å². The molecule has 0 unspecified atom stereocenters. The number of hydrogen-bond acceptors (Lipinski definition) is 3. The number of nitriles is 1. The number of halogens is 2. The Morgan fingerprint density at radius 3 is 2.67 bits per heavy atom. The lowest BCUT2D eigenvalue weighted by molar-refractivity contribution is 0.574. The molecule has 90 valence electrons. The van der Waals surface area contributed by atoms with Crippen LogP contribution < -0.4 is 5.32 Å². The molecule has 0 bridgehead atoms. The van der Waals surface area contributed by atoms with Crippen LogP contribution in [0.4, 0.5) is 14.5 Å². The lowest BCUT2D eigenvalue weighted by Crippen LogP contribution is -2.02. The maximum absolute atomic E-state index is 13.3. The molecule has 0 saturated carbocycles. The highest BCUT2D eigenvalue weighted by Crippen LogP contribution is 2.12. The summed E-state index contributed by atoms with van der Waals surface area (Å²) in [7, 11) is 0. The fourth-order valence-corrected chi connectivity index (χ4v) is 1.43. The number of benzene rings is 1. The van der Waals surface area contributed by atoms with Crippen LogP contribution in [0.1, 0.15) is 11.3 Å². The van der Waals surface area contributed by atoms with Gasteiger partial charge in [-0.2, -0.15) is 5.26 Å². The predicted molar refractivity (Wildman–Crippen MR) is 62.6 cm³/mol. The molecule has 0 radical (unpaired) electrons. The molecule has 18 heavy (non-hydrogen) atoms. The van der Waals surface area contributed by atoms with Crippen LogP contribution in [0.25, 0.3) is 0 Å². The molecule has 0 aliphatic carbocycles. The number of anilines is 1. The third-order valence-electron chi connectivity index (χ3n) is 2.38. The van der Waals surface area contributed by atoms with Crippen LogP contribution in [-0.2, 0) is 6.54 Å². The van der Waals surface area contributed by atoms with Crippen molar-refractivity contribution < 1.29 is 8.78 Å². The van der Waals surface area contributed by atoms with Crippen molar-refractivity contribution >= 4 is 5.69 Å². The minimum absolute atomic E-state index is 0.222. The fourth-order valence-electron chi connectivity index (χ4n) is 1.43. The third-order valence-corrected chi connectivity index (χ3v) is 2.38. The summed E-state index contributed by atoms with van der Waals surface area (Å²) in [6.07, 6.45) is 1.49. The minimum atomic E-state index is -0.601. The van der Waals surface area contributed by atoms with Gasteiger partial charge >= 0.3 is 0 Å². The van der Waals surface area contributed by atoms with Gasteiger partial charge in [-0.15, -0.1) is 0 Å². The number of aromatic nitrogens is 1. The standard InChI is InChI=1S/C13H9F2N3/c14-10-2-1-9(13(15)5-10)7-17-12-4-3-11(6-16)18-8-12/h1-5,8,17H,7H2. The van der Waals surface area contributed by atoms with Crippen LogP contribution in [0.15, 0.2) is 36.5 Å². The van der Waals surface area contributed by atoms with Crippen molar-refractivity contribution in [3.8, 4) is 6.07 Å². The molecule has 1 aromatic heterocycles. The summed E-state index contributed by atoms with van der Waals surface area (Å²) in [5.74, 6) is -1.19. The van der Waals surface area contributed by atoms with E-state index in [1.807, 2.05) is 6.07 Å². The second-order valence-electron chi connectivity index (χ2n) is 3.63. The zero-order valence-corrected chi connectivity index (χ0v) is 9.32. The Hall–Kier alpha value is -2.48. The maximum Gasteiger partial charge on any atom is 0.140 e. The molecule has 1 N–H and O–H groups in total. The molecule has 0 spiro atoms. The first-order valence-electron chi connectivity index (χ1n) is 5.23. The van der Waals surface area contributed by atoms with Crippen LogP contribution >= 0.6 is 0 Å². The van der Waals surface area contributed by atoms with Gasteiger partial charge in [0.1, 0.15) is 23.4 Å². The lowest BCUT2D eigenvalue weighted by Gasteiger charge is -2.07. The highest BCUT2D eigenvalue weighted by Gasteiger charge is 2.03. The Balaban J connectivity index is 2.04. The van der Waals surface area contributed by atoms with Crippen molar-refractivity contribution in [1.29, 1.82) is 5.26 Å². The van der Waals surface area contributed by atoms with E-state index in [1.165, 1.54) is 18.3 Å². The smallest absolute Gasteiger partial charge is 0.140 e. The highest BCUT2D eigenvalue weighted by molar-refractivity contribution is 5.43. The summed E-state index contributed by atoms with van der Waals surface area (Å²) < 4.78 is 26.0. The van der Waals surface area contributed by atoms with Gasteiger partial charge in [-0.05, 0) is 18.2 Å². The molecular formula is C13H9F2N3. The van der Waals surface area contributed by atoms with Gasteiger partial charge in [-0.25, -0.2) is 13.8 Å². The van der Waals surface area contributed by atoms with E-state index in [9.17, 15) is 8.78 Å². The molecule has 0 aliphatic heterocycles. The molecule has 1 aromatic carbocycles. The van der Waals surface area contributed by atoms with Gasteiger partial charge in [-0.3, -0.25) is 0 Å². The summed E-state index contributed by atoms with van der Waals surface area (Å²) in [6, 6.07) is 8.57. The van der Waals surface area contributed by atoms with E-state index in [0.29, 0.717) is 16.9 Å². The molecule has 5 heteroatoms. The van der Waals surface area contributed by atoms with Gasteiger partial charge in [-0.1, -0.05) is 6.07 Å². The Labute approximate surface area is 103 Å². The van der Waals surface area contributed by atoms with Crippen molar-refractivity contribution in [2.75, 3.05) is 5.32 Å². The summed E-state index contributed by atoms with van der Waals surface area (Å²) >= 11 is 0. The minimum Gasteiger partial charge on any atom is -0.380 e. The van der Waals surface area contributed by atoms with Gasteiger partial charge in [0.05, 0.1) is 11.9 Å². The molecule has 1 heterocycles. The first-order chi connectivity index (χ1) is 8.69. The van der Waals surface area contributed by atoms with E-state index >= 15 is 0 Å². The van der Waals surface area contributed by atoms with Crippen LogP contribution in [0.2, 0.25) is 0 Å². The molecule has 2 aromatic rings. The highest BCUT2D eigenvalue weighted by atomic mass is 19.1. The maximum atomic E-state index is 13.3. The first-order valence-corrected chi connectivity index (χ1v) is 5.23. The Morgan fingerprint density at radius 1 is 1.22 bits per heavy atom. The second-order valence-corrected chi connectivity index (χ2v) is 3.63. The number of nitrogens with one attached hydrogen (secondary N) is 1. The molecule has 0 aliphatic rings. The molecule has 2 rings (SSSR count). The van der Waals surface area contributed by atoms with Crippen molar-refractivity contribution in [2.24, 2.45) is 0 Å². The Morgan fingerprint density at radius 2 is 2.06 bits per heavy atom. The molecule has 0 saturated heterocycles. The van der Waals surface area contributed by atoms with Crippen molar-refractivity contribution in [1.82, 2.24) is 4.98 Å². The van der Waals surface area contributed by atoms with E-state index in [2.05, 4.69) is 10.3 Å². The van der Waals surface area contributed by atoms with E-state index in [1.54, 1.807) is 12.1 Å². The van der Waals surface area contributed by atoms with E-state index in [0.717, 1.165) is 6.07 Å². The van der Waals surface area contributed by atoms with Crippen molar-refractivity contribution in [3.63, 3.8) is 0 Å². The first kappa shape index (κ1) is 12.0. The number of hydrogen-bond donors (Lipinski definition) is 1. The Kier molecular flexibility index (Phi) is 3.49. The van der Waals surface area contributed by atoms with Gasteiger partial charge in [0.15, 0.2) is 0 Å². The largest absolute Gasteiger partial charge is 0.380 e. The quantitative estimate of drug-likeness (QED) is 0.904. The van der Waals surface area contributed by atoms with Crippen molar-refractivity contribution in [2.45, 2.75) is 6.54 Å². The van der Waals surface area contributed by atoms with Gasteiger partial charge in [0, 0.05) is 18.2 Å².